The lowest BCUT2D eigenvalue weighted by atomic mass is 9.82. The van der Waals surface area contributed by atoms with Gasteiger partial charge in [0.25, 0.3) is 0 Å². The molecule has 1 nitrogen and oxygen atoms in total. The SMILES string of the molecule is C1CCCC([C@H]2CCCNC2)CC1. The van der Waals surface area contributed by atoms with E-state index in [0.29, 0.717) is 0 Å². The van der Waals surface area contributed by atoms with Gasteiger partial charge in [-0.2, -0.15) is 0 Å². The van der Waals surface area contributed by atoms with Gasteiger partial charge in [0.05, 0.1) is 0 Å². The highest BCUT2D eigenvalue weighted by molar-refractivity contribution is 4.77. The first-order chi connectivity index (χ1) is 6.47. The quantitative estimate of drug-likeness (QED) is 0.613. The van der Waals surface area contributed by atoms with Crippen LogP contribution in [-0.2, 0) is 0 Å². The van der Waals surface area contributed by atoms with Crippen LogP contribution in [0.3, 0.4) is 0 Å². The van der Waals surface area contributed by atoms with Gasteiger partial charge >= 0.3 is 0 Å². The van der Waals surface area contributed by atoms with Crippen molar-refractivity contribution in [1.29, 1.82) is 0 Å². The minimum Gasteiger partial charge on any atom is -0.316 e. The van der Waals surface area contributed by atoms with Gasteiger partial charge in [0.15, 0.2) is 0 Å². The predicted molar refractivity (Wildman–Crippen MR) is 56.8 cm³/mol. The van der Waals surface area contributed by atoms with E-state index in [0.717, 1.165) is 11.8 Å². The third-order valence-electron chi connectivity index (χ3n) is 3.90. The molecule has 76 valence electrons. The molecule has 0 aromatic rings. The molecule has 0 amide bonds. The highest BCUT2D eigenvalue weighted by Gasteiger charge is 2.23. The maximum atomic E-state index is 3.55. The summed E-state index contributed by atoms with van der Waals surface area (Å²) >= 11 is 0. The van der Waals surface area contributed by atoms with Crippen molar-refractivity contribution >= 4 is 0 Å². The fraction of sp³-hybridized carbons (Fsp3) is 1.00. The Hall–Kier alpha value is -0.0400. The van der Waals surface area contributed by atoms with Crippen LogP contribution in [0.4, 0.5) is 0 Å². The fourth-order valence-corrected chi connectivity index (χ4v) is 3.06. The molecule has 1 heterocycles. The number of nitrogens with one attached hydrogen (secondary N) is 1. The Labute approximate surface area is 82.3 Å². The molecule has 1 heteroatoms. The van der Waals surface area contributed by atoms with E-state index in [1.165, 1.54) is 64.5 Å². The zero-order valence-electron chi connectivity index (χ0n) is 8.73. The Morgan fingerprint density at radius 3 is 2.00 bits per heavy atom. The minimum atomic E-state index is 1.02. The van der Waals surface area contributed by atoms with E-state index in [1.54, 1.807) is 0 Å². The first-order valence-electron chi connectivity index (χ1n) is 6.17. The molecule has 1 aliphatic heterocycles. The summed E-state index contributed by atoms with van der Waals surface area (Å²) < 4.78 is 0. The van der Waals surface area contributed by atoms with Gasteiger partial charge in [-0.25, -0.2) is 0 Å². The van der Waals surface area contributed by atoms with Gasteiger partial charge in [-0.3, -0.25) is 0 Å². The molecule has 0 aromatic heterocycles. The molecular formula is C12H23N. The molecule has 0 unspecified atom stereocenters. The normalized spacial score (nSPS) is 32.8. The number of hydrogen-bond acceptors (Lipinski definition) is 1. The van der Waals surface area contributed by atoms with Crippen LogP contribution in [-0.4, -0.2) is 13.1 Å². The van der Waals surface area contributed by atoms with E-state index >= 15 is 0 Å². The standard InChI is InChI=1S/C12H23N/c1-2-4-7-11(6-3-1)12-8-5-9-13-10-12/h11-13H,1-10H2/t12-/m0/s1. The van der Waals surface area contributed by atoms with Gasteiger partial charge in [-0.15, -0.1) is 0 Å². The van der Waals surface area contributed by atoms with Gasteiger partial charge in [-0.1, -0.05) is 38.5 Å². The number of piperidine rings is 1. The molecule has 2 rings (SSSR count). The Balaban J connectivity index is 1.82. The van der Waals surface area contributed by atoms with Crippen molar-refractivity contribution in [2.75, 3.05) is 13.1 Å². The highest BCUT2D eigenvalue weighted by Crippen LogP contribution is 2.32. The molecule has 13 heavy (non-hydrogen) atoms. The zero-order valence-corrected chi connectivity index (χ0v) is 8.73. The molecule has 2 fully saturated rings. The molecule has 1 atom stereocenters. The Morgan fingerprint density at radius 2 is 1.38 bits per heavy atom. The van der Waals surface area contributed by atoms with Crippen LogP contribution in [0.25, 0.3) is 0 Å². The van der Waals surface area contributed by atoms with Crippen LogP contribution in [0.2, 0.25) is 0 Å². The van der Waals surface area contributed by atoms with Gasteiger partial charge < -0.3 is 5.32 Å². The van der Waals surface area contributed by atoms with E-state index in [2.05, 4.69) is 5.32 Å². The van der Waals surface area contributed by atoms with Crippen LogP contribution in [0.15, 0.2) is 0 Å². The van der Waals surface area contributed by atoms with Crippen molar-refractivity contribution in [2.24, 2.45) is 11.8 Å². The van der Waals surface area contributed by atoms with Crippen molar-refractivity contribution in [3.63, 3.8) is 0 Å². The van der Waals surface area contributed by atoms with Gasteiger partial charge in [0.1, 0.15) is 0 Å². The van der Waals surface area contributed by atoms with Crippen LogP contribution in [0.5, 0.6) is 0 Å². The first-order valence-corrected chi connectivity index (χ1v) is 6.17. The maximum absolute atomic E-state index is 3.55. The number of rotatable bonds is 1. The van der Waals surface area contributed by atoms with Crippen molar-refractivity contribution in [2.45, 2.75) is 51.4 Å². The van der Waals surface area contributed by atoms with Crippen LogP contribution in [0.1, 0.15) is 51.4 Å². The maximum Gasteiger partial charge on any atom is -0.00179 e. The van der Waals surface area contributed by atoms with Crippen LogP contribution < -0.4 is 5.32 Å². The van der Waals surface area contributed by atoms with Gasteiger partial charge in [-0.05, 0) is 37.8 Å². The largest absolute Gasteiger partial charge is 0.316 e. The summed E-state index contributed by atoms with van der Waals surface area (Å²) in [6.45, 7) is 2.58. The van der Waals surface area contributed by atoms with Crippen molar-refractivity contribution in [1.82, 2.24) is 5.32 Å². The van der Waals surface area contributed by atoms with E-state index in [4.69, 9.17) is 0 Å². The molecular weight excluding hydrogens is 158 g/mol. The van der Waals surface area contributed by atoms with Gasteiger partial charge in [0.2, 0.25) is 0 Å². The number of hydrogen-bond donors (Lipinski definition) is 1. The summed E-state index contributed by atoms with van der Waals surface area (Å²) in [7, 11) is 0. The fourth-order valence-electron chi connectivity index (χ4n) is 3.06. The average Bonchev–Trinajstić information content (AvgIpc) is 2.47. The Bertz CT molecular complexity index is 130. The molecule has 1 saturated heterocycles. The summed E-state index contributed by atoms with van der Waals surface area (Å²) in [5.74, 6) is 2.09. The Morgan fingerprint density at radius 1 is 0.692 bits per heavy atom. The molecule has 0 bridgehead atoms. The van der Waals surface area contributed by atoms with E-state index in [1.807, 2.05) is 0 Å². The predicted octanol–water partition coefficient (Wildman–Crippen LogP) is 2.96. The molecule has 1 aliphatic carbocycles. The van der Waals surface area contributed by atoms with E-state index < -0.39 is 0 Å². The van der Waals surface area contributed by atoms with Crippen molar-refractivity contribution in [3.05, 3.63) is 0 Å². The molecule has 0 aromatic carbocycles. The summed E-state index contributed by atoms with van der Waals surface area (Å²) in [6, 6.07) is 0. The lowest BCUT2D eigenvalue weighted by molar-refractivity contribution is 0.241. The van der Waals surface area contributed by atoms with Crippen LogP contribution in [0, 0.1) is 11.8 Å². The van der Waals surface area contributed by atoms with Crippen molar-refractivity contribution in [3.8, 4) is 0 Å². The molecule has 2 aliphatic rings. The highest BCUT2D eigenvalue weighted by atomic mass is 14.9. The molecule has 1 N–H and O–H groups in total. The third kappa shape index (κ3) is 2.70. The molecule has 0 radical (unpaired) electrons. The smallest absolute Gasteiger partial charge is 0.00179 e. The topological polar surface area (TPSA) is 12.0 Å². The second-order valence-electron chi connectivity index (χ2n) is 4.86. The van der Waals surface area contributed by atoms with Crippen molar-refractivity contribution < 1.29 is 0 Å². The zero-order chi connectivity index (χ0) is 8.93. The first kappa shape index (κ1) is 9.51. The molecule has 0 spiro atoms. The second kappa shape index (κ2) is 4.99. The summed E-state index contributed by atoms with van der Waals surface area (Å²) in [6.07, 6.45) is 12.0. The van der Waals surface area contributed by atoms with Crippen LogP contribution >= 0.6 is 0 Å². The summed E-state index contributed by atoms with van der Waals surface area (Å²) in [5.41, 5.74) is 0. The molecule has 1 saturated carbocycles. The minimum absolute atomic E-state index is 1.02. The second-order valence-corrected chi connectivity index (χ2v) is 4.86. The van der Waals surface area contributed by atoms with E-state index in [9.17, 15) is 0 Å². The summed E-state index contributed by atoms with van der Waals surface area (Å²) in [4.78, 5) is 0. The summed E-state index contributed by atoms with van der Waals surface area (Å²) in [5, 5.41) is 3.55. The lowest BCUT2D eigenvalue weighted by Crippen LogP contribution is -2.34. The average molecular weight is 181 g/mol. The Kier molecular flexibility index (Phi) is 3.65. The monoisotopic (exact) mass is 181 g/mol. The lowest BCUT2D eigenvalue weighted by Gasteiger charge is -2.30. The van der Waals surface area contributed by atoms with E-state index in [-0.39, 0.29) is 0 Å². The van der Waals surface area contributed by atoms with Gasteiger partial charge in [0, 0.05) is 0 Å². The third-order valence-corrected chi connectivity index (χ3v) is 3.90.